The second kappa shape index (κ2) is 5.88. The number of hydrogen-bond acceptors (Lipinski definition) is 3. The van der Waals surface area contributed by atoms with Gasteiger partial charge in [-0.05, 0) is 43.5 Å². The predicted molar refractivity (Wildman–Crippen MR) is 89.7 cm³/mol. The van der Waals surface area contributed by atoms with Gasteiger partial charge in [-0.1, -0.05) is 17.7 Å². The molecule has 118 valence electrons. The van der Waals surface area contributed by atoms with Crippen LogP contribution in [0.1, 0.15) is 23.2 Å². The van der Waals surface area contributed by atoms with Gasteiger partial charge in [0.1, 0.15) is 0 Å². The number of nitrogens with zero attached hydrogens (tertiary/aromatic N) is 2. The molecule has 1 unspecified atom stereocenters. The molecule has 4 nitrogen and oxygen atoms in total. The number of nitriles is 1. The molecule has 1 aliphatic carbocycles. The summed E-state index contributed by atoms with van der Waals surface area (Å²) in [6, 6.07) is 10.5. The van der Waals surface area contributed by atoms with Crippen molar-refractivity contribution in [3.8, 4) is 6.07 Å². The first kappa shape index (κ1) is 15.9. The van der Waals surface area contributed by atoms with Crippen LogP contribution in [-0.4, -0.2) is 17.8 Å². The minimum Gasteiger partial charge on any atom is -0.245 e. The Hall–Kier alpha value is -2.03. The Morgan fingerprint density at radius 2 is 2.00 bits per heavy atom. The highest BCUT2D eigenvalue weighted by molar-refractivity contribution is 7.90. The first-order valence-corrected chi connectivity index (χ1v) is 9.09. The molecular weight excluding hydrogens is 332 g/mol. The van der Waals surface area contributed by atoms with Crippen molar-refractivity contribution < 1.29 is 8.42 Å². The number of aromatic nitrogens is 1. The summed E-state index contributed by atoms with van der Waals surface area (Å²) in [7, 11) is -3.65. The van der Waals surface area contributed by atoms with Crippen LogP contribution in [0.2, 0.25) is 0 Å². The second-order valence-electron chi connectivity index (χ2n) is 5.53. The zero-order valence-corrected chi connectivity index (χ0v) is 14.1. The molecule has 0 bridgehead atoms. The minimum absolute atomic E-state index is 0.250. The van der Waals surface area contributed by atoms with Gasteiger partial charge in [-0.25, -0.2) is 12.4 Å². The molecule has 0 aliphatic heterocycles. The van der Waals surface area contributed by atoms with Gasteiger partial charge in [-0.15, -0.1) is 11.6 Å². The number of benzene rings is 1. The van der Waals surface area contributed by atoms with Crippen LogP contribution >= 0.6 is 11.6 Å². The van der Waals surface area contributed by atoms with Crippen molar-refractivity contribution in [2.75, 3.05) is 0 Å². The monoisotopic (exact) mass is 346 g/mol. The first-order valence-electron chi connectivity index (χ1n) is 7.21. The smallest absolute Gasteiger partial charge is 0.245 e. The highest BCUT2D eigenvalue weighted by Crippen LogP contribution is 2.36. The molecule has 1 atom stereocenters. The van der Waals surface area contributed by atoms with Gasteiger partial charge in [0.15, 0.2) is 0 Å². The van der Waals surface area contributed by atoms with E-state index in [4.69, 9.17) is 16.9 Å². The fourth-order valence-electron chi connectivity index (χ4n) is 2.83. The Labute approximate surface area is 140 Å². The first-order chi connectivity index (χ1) is 10.9. The summed E-state index contributed by atoms with van der Waals surface area (Å²) in [5.41, 5.74) is 3.12. The van der Waals surface area contributed by atoms with Gasteiger partial charge in [-0.3, -0.25) is 0 Å². The van der Waals surface area contributed by atoms with Gasteiger partial charge in [0, 0.05) is 23.5 Å². The Kier molecular flexibility index (Phi) is 4.05. The molecule has 0 N–H and O–H groups in total. The predicted octanol–water partition coefficient (Wildman–Crippen LogP) is 3.49. The number of halogens is 1. The van der Waals surface area contributed by atoms with Crippen LogP contribution in [0.5, 0.6) is 0 Å². The number of hydrogen-bond donors (Lipinski definition) is 0. The molecular formula is C17H15ClN2O2S. The zero-order chi connectivity index (χ0) is 16.6. The SMILES string of the molecule is Cc1ccc(S(=O)(=O)n2ccc3c2CCC(Cl)/C3=C/C#N)cc1. The topological polar surface area (TPSA) is 62.9 Å². The van der Waals surface area contributed by atoms with Gasteiger partial charge < -0.3 is 0 Å². The van der Waals surface area contributed by atoms with E-state index in [2.05, 4.69) is 0 Å². The Morgan fingerprint density at radius 1 is 1.30 bits per heavy atom. The van der Waals surface area contributed by atoms with Crippen molar-refractivity contribution >= 4 is 27.2 Å². The van der Waals surface area contributed by atoms with Gasteiger partial charge >= 0.3 is 0 Å². The maximum absolute atomic E-state index is 12.9. The molecule has 0 saturated heterocycles. The molecule has 6 heteroatoms. The highest BCUT2D eigenvalue weighted by Gasteiger charge is 2.29. The summed E-state index contributed by atoms with van der Waals surface area (Å²) in [5.74, 6) is 0. The van der Waals surface area contributed by atoms with E-state index in [1.165, 1.54) is 10.0 Å². The van der Waals surface area contributed by atoms with Crippen LogP contribution < -0.4 is 0 Å². The van der Waals surface area contributed by atoms with Gasteiger partial charge in [-0.2, -0.15) is 5.26 Å². The van der Waals surface area contributed by atoms with Crippen LogP contribution in [0.25, 0.3) is 5.57 Å². The molecule has 23 heavy (non-hydrogen) atoms. The summed E-state index contributed by atoms with van der Waals surface area (Å²) < 4.78 is 27.0. The van der Waals surface area contributed by atoms with E-state index in [0.717, 1.165) is 11.1 Å². The van der Waals surface area contributed by atoms with Crippen LogP contribution in [-0.2, 0) is 16.4 Å². The third-order valence-corrected chi connectivity index (χ3v) is 6.22. The quantitative estimate of drug-likeness (QED) is 0.617. The van der Waals surface area contributed by atoms with Gasteiger partial charge in [0.2, 0.25) is 0 Å². The van der Waals surface area contributed by atoms with Crippen LogP contribution in [0.3, 0.4) is 0 Å². The highest BCUT2D eigenvalue weighted by atomic mass is 35.5. The van der Waals surface area contributed by atoms with E-state index in [1.807, 2.05) is 13.0 Å². The molecule has 3 rings (SSSR count). The van der Waals surface area contributed by atoms with Crippen molar-refractivity contribution in [1.29, 1.82) is 5.26 Å². The summed E-state index contributed by atoms with van der Waals surface area (Å²) in [6.45, 7) is 1.91. The molecule has 0 fully saturated rings. The van der Waals surface area contributed by atoms with E-state index in [9.17, 15) is 8.42 Å². The lowest BCUT2D eigenvalue weighted by Gasteiger charge is -2.22. The second-order valence-corrected chi connectivity index (χ2v) is 7.87. The lowest BCUT2D eigenvalue weighted by atomic mass is 9.92. The molecule has 2 aromatic rings. The molecule has 0 amide bonds. The lowest BCUT2D eigenvalue weighted by molar-refractivity contribution is 0.584. The summed E-state index contributed by atoms with van der Waals surface area (Å²) in [5, 5.41) is 8.66. The normalized spacial score (nSPS) is 19.3. The maximum atomic E-state index is 12.9. The fraction of sp³-hybridized carbons (Fsp3) is 0.235. The third kappa shape index (κ3) is 2.69. The summed E-state index contributed by atoms with van der Waals surface area (Å²) in [6.07, 6.45) is 4.11. The number of fused-ring (bicyclic) bond motifs is 1. The molecule has 1 aliphatic rings. The molecule has 1 heterocycles. The Morgan fingerprint density at radius 3 is 2.65 bits per heavy atom. The largest absolute Gasteiger partial charge is 0.267 e. The molecule has 1 aromatic heterocycles. The average Bonchev–Trinajstić information content (AvgIpc) is 2.95. The number of alkyl halides is 1. The zero-order valence-electron chi connectivity index (χ0n) is 12.5. The molecule has 0 saturated carbocycles. The standard InChI is InChI=1S/C17H15ClN2O2S/c1-12-2-4-13(5-3-12)23(21,22)20-11-9-15-14(8-10-19)16(18)6-7-17(15)20/h2-5,8-9,11,16H,6-7H2,1H3/b14-8+. The van der Waals surface area contributed by atoms with E-state index in [-0.39, 0.29) is 10.3 Å². The van der Waals surface area contributed by atoms with Crippen molar-refractivity contribution in [2.45, 2.75) is 30.0 Å². The summed E-state index contributed by atoms with van der Waals surface area (Å²) in [4.78, 5) is 0.250. The third-order valence-electron chi connectivity index (χ3n) is 4.03. The van der Waals surface area contributed by atoms with E-state index in [0.29, 0.717) is 24.1 Å². The van der Waals surface area contributed by atoms with Crippen molar-refractivity contribution in [3.63, 3.8) is 0 Å². The minimum atomic E-state index is -3.65. The van der Waals surface area contributed by atoms with Crippen molar-refractivity contribution in [1.82, 2.24) is 3.97 Å². The maximum Gasteiger partial charge on any atom is 0.267 e. The summed E-state index contributed by atoms with van der Waals surface area (Å²) >= 11 is 6.27. The van der Waals surface area contributed by atoms with Crippen LogP contribution in [0.4, 0.5) is 0 Å². The molecule has 1 aromatic carbocycles. The Bertz CT molecular complexity index is 918. The van der Waals surface area contributed by atoms with Crippen LogP contribution in [0, 0.1) is 18.3 Å². The number of allylic oxidation sites excluding steroid dienone is 2. The number of aryl methyl sites for hydroxylation is 1. The van der Waals surface area contributed by atoms with Gasteiger partial charge in [0.05, 0.1) is 16.3 Å². The number of rotatable bonds is 2. The van der Waals surface area contributed by atoms with E-state index < -0.39 is 10.0 Å². The van der Waals surface area contributed by atoms with Crippen LogP contribution in [0.15, 0.2) is 47.5 Å². The van der Waals surface area contributed by atoms with Crippen molar-refractivity contribution in [3.05, 3.63) is 59.4 Å². The van der Waals surface area contributed by atoms with E-state index in [1.54, 1.807) is 36.5 Å². The Balaban J connectivity index is 2.13. The van der Waals surface area contributed by atoms with Gasteiger partial charge in [0.25, 0.3) is 10.0 Å². The average molecular weight is 347 g/mol. The molecule has 0 spiro atoms. The molecule has 0 radical (unpaired) electrons. The lowest BCUT2D eigenvalue weighted by Crippen LogP contribution is -2.20. The van der Waals surface area contributed by atoms with E-state index >= 15 is 0 Å². The van der Waals surface area contributed by atoms with Crippen molar-refractivity contribution in [2.24, 2.45) is 0 Å². The fourth-order valence-corrected chi connectivity index (χ4v) is 4.53.